The van der Waals surface area contributed by atoms with E-state index in [-0.39, 0.29) is 11.6 Å². The first-order valence-electron chi connectivity index (χ1n) is 9.20. The number of hydrogen-bond acceptors (Lipinski definition) is 6. The second kappa shape index (κ2) is 13.0. The third-order valence-electron chi connectivity index (χ3n) is 3.54. The Balaban J connectivity index is 4.39. The molecular formula is C18H38N3O3P. The zero-order valence-corrected chi connectivity index (χ0v) is 18.0. The van der Waals surface area contributed by atoms with Gasteiger partial charge in [0.2, 0.25) is 0 Å². The number of nitriles is 1. The summed E-state index contributed by atoms with van der Waals surface area (Å²) in [5, 5.41) is 8.72. The van der Waals surface area contributed by atoms with Gasteiger partial charge in [0.05, 0.1) is 31.8 Å². The van der Waals surface area contributed by atoms with Gasteiger partial charge >= 0.3 is 0 Å². The molecule has 0 fully saturated rings. The fourth-order valence-electron chi connectivity index (χ4n) is 2.22. The topological polar surface area (TPSA) is 80.7 Å². The highest BCUT2D eigenvalue weighted by molar-refractivity contribution is 7.44. The monoisotopic (exact) mass is 375 g/mol. The molecule has 0 amide bonds. The SMILES string of the molecule is CC(CCOP(OCCC#N)N(C(C)C)C(C)C)OCCC(C)(C)N. The molecule has 25 heavy (non-hydrogen) atoms. The molecule has 0 aromatic heterocycles. The van der Waals surface area contributed by atoms with Gasteiger partial charge in [-0.2, -0.15) is 5.26 Å². The predicted molar refractivity (Wildman–Crippen MR) is 104 cm³/mol. The first-order valence-corrected chi connectivity index (χ1v) is 10.3. The zero-order valence-electron chi connectivity index (χ0n) is 17.1. The molecule has 0 aliphatic rings. The average molecular weight is 375 g/mol. The second-order valence-electron chi connectivity index (χ2n) is 7.59. The van der Waals surface area contributed by atoms with Crippen LogP contribution >= 0.6 is 8.53 Å². The Kier molecular flexibility index (Phi) is 12.8. The summed E-state index contributed by atoms with van der Waals surface area (Å²) in [6, 6.07) is 2.74. The Morgan fingerprint density at radius 3 is 2.08 bits per heavy atom. The second-order valence-corrected chi connectivity index (χ2v) is 9.04. The van der Waals surface area contributed by atoms with E-state index < -0.39 is 8.53 Å². The van der Waals surface area contributed by atoms with Crippen molar-refractivity contribution < 1.29 is 13.8 Å². The standard InChI is InChI=1S/C18H38N3O3P/c1-15(2)21(16(3)4)25(23-12-8-11-19)24-13-9-17(5)22-14-10-18(6,7)20/h15-17H,8-10,12-14,20H2,1-7H3. The van der Waals surface area contributed by atoms with Crippen LogP contribution in [0.15, 0.2) is 0 Å². The number of ether oxygens (including phenoxy) is 1. The van der Waals surface area contributed by atoms with Crippen LogP contribution in [0, 0.1) is 11.3 Å². The van der Waals surface area contributed by atoms with Crippen molar-refractivity contribution in [3.8, 4) is 6.07 Å². The van der Waals surface area contributed by atoms with Crippen molar-refractivity contribution in [1.29, 1.82) is 5.26 Å². The maximum atomic E-state index is 8.72. The normalized spacial score (nSPS) is 15.0. The van der Waals surface area contributed by atoms with Crippen LogP contribution in [0.1, 0.15) is 67.7 Å². The van der Waals surface area contributed by atoms with Crippen LogP contribution in [0.4, 0.5) is 0 Å². The molecule has 2 atom stereocenters. The van der Waals surface area contributed by atoms with E-state index in [1.54, 1.807) is 0 Å². The molecule has 0 bridgehead atoms. The summed E-state index contributed by atoms with van der Waals surface area (Å²) >= 11 is 0. The third-order valence-corrected chi connectivity index (χ3v) is 5.64. The molecule has 7 heteroatoms. The molecule has 0 aliphatic carbocycles. The Labute approximate surface area is 156 Å². The molecule has 0 aromatic rings. The number of nitrogens with two attached hydrogens (primary N) is 1. The Hall–Kier alpha value is -0.280. The summed E-state index contributed by atoms with van der Waals surface area (Å²) in [7, 11) is -1.17. The van der Waals surface area contributed by atoms with Crippen molar-refractivity contribution in [1.82, 2.24) is 4.67 Å². The largest absolute Gasteiger partial charge is 0.378 e. The van der Waals surface area contributed by atoms with Gasteiger partial charge in [-0.15, -0.1) is 0 Å². The first-order chi connectivity index (χ1) is 11.6. The van der Waals surface area contributed by atoms with Gasteiger partial charge in [-0.3, -0.25) is 0 Å². The lowest BCUT2D eigenvalue weighted by molar-refractivity contribution is 0.0400. The summed E-state index contributed by atoms with van der Waals surface area (Å²) in [5.74, 6) is 0. The first kappa shape index (κ1) is 24.7. The summed E-state index contributed by atoms with van der Waals surface area (Å²) in [5.41, 5.74) is 5.76. The summed E-state index contributed by atoms with van der Waals surface area (Å²) in [6.45, 7) is 16.2. The highest BCUT2D eigenvalue weighted by atomic mass is 31.2. The lowest BCUT2D eigenvalue weighted by atomic mass is 10.0. The van der Waals surface area contributed by atoms with Gasteiger partial charge < -0.3 is 19.5 Å². The van der Waals surface area contributed by atoms with E-state index in [1.165, 1.54) is 0 Å². The number of nitrogens with zero attached hydrogens (tertiary/aromatic N) is 2. The van der Waals surface area contributed by atoms with Gasteiger partial charge in [0.25, 0.3) is 8.53 Å². The van der Waals surface area contributed by atoms with Crippen molar-refractivity contribution in [2.24, 2.45) is 5.73 Å². The fourth-order valence-corrected chi connectivity index (χ4v) is 3.82. The van der Waals surface area contributed by atoms with Gasteiger partial charge in [0.1, 0.15) is 0 Å². The van der Waals surface area contributed by atoms with E-state index in [1.807, 2.05) is 20.8 Å². The van der Waals surface area contributed by atoms with E-state index in [4.69, 9.17) is 24.8 Å². The van der Waals surface area contributed by atoms with Crippen LogP contribution in [-0.4, -0.2) is 48.2 Å². The highest BCUT2D eigenvalue weighted by Gasteiger charge is 2.27. The van der Waals surface area contributed by atoms with Gasteiger partial charge in [-0.25, -0.2) is 4.67 Å². The Morgan fingerprint density at radius 2 is 1.60 bits per heavy atom. The number of rotatable bonds is 14. The minimum absolute atomic E-state index is 0.116. The smallest absolute Gasteiger partial charge is 0.259 e. The predicted octanol–water partition coefficient (Wildman–Crippen LogP) is 4.20. The van der Waals surface area contributed by atoms with Crippen LogP contribution in [0.2, 0.25) is 0 Å². The van der Waals surface area contributed by atoms with E-state index >= 15 is 0 Å². The maximum Gasteiger partial charge on any atom is 0.259 e. The van der Waals surface area contributed by atoms with Crippen LogP contribution in [0.3, 0.4) is 0 Å². The van der Waals surface area contributed by atoms with E-state index in [0.717, 1.165) is 12.8 Å². The van der Waals surface area contributed by atoms with Crippen molar-refractivity contribution >= 4 is 8.53 Å². The quantitative estimate of drug-likeness (QED) is 0.362. The maximum absolute atomic E-state index is 8.72. The lowest BCUT2D eigenvalue weighted by Gasteiger charge is -2.35. The van der Waals surface area contributed by atoms with E-state index in [2.05, 4.69) is 38.4 Å². The third kappa shape index (κ3) is 12.7. The van der Waals surface area contributed by atoms with Crippen LogP contribution < -0.4 is 5.73 Å². The van der Waals surface area contributed by atoms with Crippen LogP contribution in [-0.2, 0) is 13.8 Å². The van der Waals surface area contributed by atoms with Crippen molar-refractivity contribution in [3.05, 3.63) is 0 Å². The van der Waals surface area contributed by atoms with Crippen LogP contribution in [0.25, 0.3) is 0 Å². The summed E-state index contributed by atoms with van der Waals surface area (Å²) in [6.07, 6.45) is 2.12. The van der Waals surface area contributed by atoms with Gasteiger partial charge in [-0.05, 0) is 61.3 Å². The van der Waals surface area contributed by atoms with Crippen molar-refractivity contribution in [2.45, 2.75) is 91.5 Å². The zero-order chi connectivity index (χ0) is 19.5. The van der Waals surface area contributed by atoms with Crippen LogP contribution in [0.5, 0.6) is 0 Å². The molecule has 0 rings (SSSR count). The number of hydrogen-bond donors (Lipinski definition) is 1. The molecular weight excluding hydrogens is 337 g/mol. The van der Waals surface area contributed by atoms with Crippen molar-refractivity contribution in [2.75, 3.05) is 19.8 Å². The molecule has 148 valence electrons. The lowest BCUT2D eigenvalue weighted by Crippen LogP contribution is -2.34. The molecule has 2 unspecified atom stereocenters. The Bertz CT molecular complexity index is 373. The van der Waals surface area contributed by atoms with Gasteiger partial charge in [-0.1, -0.05) is 0 Å². The molecule has 0 spiro atoms. The fraction of sp³-hybridized carbons (Fsp3) is 0.944. The molecule has 0 aliphatic heterocycles. The van der Waals surface area contributed by atoms with Crippen molar-refractivity contribution in [3.63, 3.8) is 0 Å². The van der Waals surface area contributed by atoms with Gasteiger partial charge in [0.15, 0.2) is 0 Å². The highest BCUT2D eigenvalue weighted by Crippen LogP contribution is 2.46. The molecule has 2 N–H and O–H groups in total. The van der Waals surface area contributed by atoms with Gasteiger partial charge in [0, 0.05) is 24.2 Å². The summed E-state index contributed by atoms with van der Waals surface area (Å²) in [4.78, 5) is 0. The molecule has 0 radical (unpaired) electrons. The van der Waals surface area contributed by atoms with E-state index in [0.29, 0.717) is 38.3 Å². The molecule has 0 saturated heterocycles. The minimum atomic E-state index is -1.17. The molecule has 6 nitrogen and oxygen atoms in total. The Morgan fingerprint density at radius 1 is 1.04 bits per heavy atom. The molecule has 0 aromatic carbocycles. The summed E-state index contributed by atoms with van der Waals surface area (Å²) < 4.78 is 19.9. The molecule has 0 heterocycles. The minimum Gasteiger partial charge on any atom is -0.378 e. The molecule has 0 saturated carbocycles. The average Bonchev–Trinajstić information content (AvgIpc) is 2.45. The van der Waals surface area contributed by atoms with E-state index in [9.17, 15) is 0 Å².